The van der Waals surface area contributed by atoms with Crippen molar-refractivity contribution < 1.29 is 22.8 Å². The molecule has 0 aromatic heterocycles. The summed E-state index contributed by atoms with van der Waals surface area (Å²) >= 11 is 0. The molecule has 0 atom stereocenters. The lowest BCUT2D eigenvalue weighted by Gasteiger charge is -2.19. The van der Waals surface area contributed by atoms with E-state index in [0.717, 1.165) is 6.07 Å². The van der Waals surface area contributed by atoms with E-state index in [1.165, 1.54) is 18.2 Å². The Morgan fingerprint density at radius 3 is 2.05 bits per heavy atom. The third kappa shape index (κ3) is 3.81. The van der Waals surface area contributed by atoms with Gasteiger partial charge < -0.3 is 5.32 Å². The van der Waals surface area contributed by atoms with Gasteiger partial charge in [0, 0.05) is 5.41 Å². The molecule has 3 nitrogen and oxygen atoms in total. The predicted octanol–water partition coefficient (Wildman–Crippen LogP) is 3.42. The van der Waals surface area contributed by atoms with E-state index in [9.17, 15) is 22.8 Å². The molecule has 1 N–H and O–H groups in total. The van der Waals surface area contributed by atoms with Crippen LogP contribution in [-0.4, -0.2) is 17.9 Å². The van der Waals surface area contributed by atoms with Crippen LogP contribution in [0.4, 0.5) is 18.9 Å². The second kappa shape index (κ2) is 5.03. The van der Waals surface area contributed by atoms with Gasteiger partial charge in [-0.15, -0.1) is 0 Å². The number of amides is 1. The van der Waals surface area contributed by atoms with Crippen molar-refractivity contribution in [2.45, 2.75) is 26.9 Å². The Kier molecular flexibility index (Phi) is 4.03. The van der Waals surface area contributed by atoms with Crippen LogP contribution in [0.3, 0.4) is 0 Å². The van der Waals surface area contributed by atoms with Crippen molar-refractivity contribution in [3.63, 3.8) is 0 Å². The first-order chi connectivity index (χ1) is 8.53. The van der Waals surface area contributed by atoms with Crippen molar-refractivity contribution >= 4 is 17.4 Å². The SMILES string of the molecule is CC(C)(C)C(=O)Nc1ccccc1C(=O)C(F)(F)F. The zero-order valence-electron chi connectivity index (χ0n) is 10.8. The first-order valence-corrected chi connectivity index (χ1v) is 5.55. The lowest BCUT2D eigenvalue weighted by atomic mass is 9.95. The summed E-state index contributed by atoms with van der Waals surface area (Å²) in [4.78, 5) is 23.0. The van der Waals surface area contributed by atoms with E-state index in [0.29, 0.717) is 0 Å². The highest BCUT2D eigenvalue weighted by molar-refractivity contribution is 6.08. The van der Waals surface area contributed by atoms with Crippen LogP contribution in [0.5, 0.6) is 0 Å². The van der Waals surface area contributed by atoms with E-state index in [2.05, 4.69) is 5.32 Å². The van der Waals surface area contributed by atoms with Gasteiger partial charge in [-0.1, -0.05) is 32.9 Å². The van der Waals surface area contributed by atoms with Gasteiger partial charge in [0.25, 0.3) is 5.78 Å². The lowest BCUT2D eigenvalue weighted by Crippen LogP contribution is -2.30. The largest absolute Gasteiger partial charge is 0.454 e. The molecule has 0 aliphatic heterocycles. The normalized spacial score (nSPS) is 12.1. The molecule has 0 unspecified atom stereocenters. The van der Waals surface area contributed by atoms with E-state index in [1.54, 1.807) is 20.8 Å². The summed E-state index contributed by atoms with van der Waals surface area (Å²) in [5, 5.41) is 2.34. The average molecular weight is 273 g/mol. The van der Waals surface area contributed by atoms with Crippen LogP contribution >= 0.6 is 0 Å². The summed E-state index contributed by atoms with van der Waals surface area (Å²) in [6.07, 6.45) is -4.97. The molecular weight excluding hydrogens is 259 g/mol. The molecule has 0 saturated carbocycles. The van der Waals surface area contributed by atoms with Crippen LogP contribution in [0.1, 0.15) is 31.1 Å². The zero-order valence-corrected chi connectivity index (χ0v) is 10.8. The number of benzene rings is 1. The molecule has 1 amide bonds. The number of hydrogen-bond acceptors (Lipinski definition) is 2. The van der Waals surface area contributed by atoms with Crippen LogP contribution in [0.25, 0.3) is 0 Å². The lowest BCUT2D eigenvalue weighted by molar-refractivity contribution is -0.123. The third-order valence-electron chi connectivity index (χ3n) is 2.36. The molecular formula is C13H14F3NO2. The summed E-state index contributed by atoms with van der Waals surface area (Å²) in [5.74, 6) is -2.44. The number of carbonyl (C=O) groups excluding carboxylic acids is 2. The molecule has 0 fully saturated rings. The highest BCUT2D eigenvalue weighted by Gasteiger charge is 2.40. The quantitative estimate of drug-likeness (QED) is 0.839. The Balaban J connectivity index is 3.11. The fourth-order valence-corrected chi connectivity index (χ4v) is 1.25. The van der Waals surface area contributed by atoms with Gasteiger partial charge in [0.2, 0.25) is 5.91 Å². The van der Waals surface area contributed by atoms with Gasteiger partial charge >= 0.3 is 6.18 Å². The molecule has 1 aromatic carbocycles. The molecule has 1 rings (SSSR count). The Labute approximate surface area is 108 Å². The number of rotatable bonds is 2. The van der Waals surface area contributed by atoms with Crippen molar-refractivity contribution in [2.24, 2.45) is 5.41 Å². The first-order valence-electron chi connectivity index (χ1n) is 5.55. The molecule has 104 valence electrons. The molecule has 0 spiro atoms. The van der Waals surface area contributed by atoms with E-state index in [-0.39, 0.29) is 5.69 Å². The molecule has 0 heterocycles. The van der Waals surface area contributed by atoms with E-state index < -0.39 is 28.8 Å². The molecule has 0 saturated heterocycles. The molecule has 0 aliphatic carbocycles. The standard InChI is InChI=1S/C13H14F3NO2/c1-12(2,3)11(19)17-9-7-5-4-6-8(9)10(18)13(14,15)16/h4-7H,1-3H3,(H,17,19). The smallest absolute Gasteiger partial charge is 0.325 e. The Morgan fingerprint density at radius 1 is 1.05 bits per heavy atom. The van der Waals surface area contributed by atoms with Gasteiger partial charge in [-0.3, -0.25) is 9.59 Å². The highest BCUT2D eigenvalue weighted by atomic mass is 19.4. The molecule has 0 radical (unpaired) electrons. The summed E-state index contributed by atoms with van der Waals surface area (Å²) in [6.45, 7) is 4.86. The fraction of sp³-hybridized carbons (Fsp3) is 0.385. The Bertz CT molecular complexity index is 501. The van der Waals surface area contributed by atoms with Gasteiger partial charge in [-0.2, -0.15) is 13.2 Å². The average Bonchev–Trinajstić information content (AvgIpc) is 2.26. The van der Waals surface area contributed by atoms with Crippen molar-refractivity contribution in [1.29, 1.82) is 0 Å². The van der Waals surface area contributed by atoms with Gasteiger partial charge in [-0.05, 0) is 12.1 Å². The summed E-state index contributed by atoms with van der Waals surface area (Å²) < 4.78 is 37.3. The predicted molar refractivity (Wildman–Crippen MR) is 64.9 cm³/mol. The van der Waals surface area contributed by atoms with Crippen LogP contribution in [0, 0.1) is 5.41 Å². The minimum atomic E-state index is -4.97. The molecule has 6 heteroatoms. The molecule has 19 heavy (non-hydrogen) atoms. The minimum absolute atomic E-state index is 0.134. The first kappa shape index (κ1) is 15.2. The van der Waals surface area contributed by atoms with E-state index in [1.807, 2.05) is 0 Å². The maximum atomic E-state index is 12.4. The topological polar surface area (TPSA) is 46.2 Å². The zero-order chi connectivity index (χ0) is 14.8. The van der Waals surface area contributed by atoms with Crippen LogP contribution in [-0.2, 0) is 4.79 Å². The summed E-state index contributed by atoms with van der Waals surface area (Å²) in [7, 11) is 0. The molecule has 0 bridgehead atoms. The number of hydrogen-bond donors (Lipinski definition) is 1. The van der Waals surface area contributed by atoms with Gasteiger partial charge in [0.15, 0.2) is 0 Å². The highest BCUT2D eigenvalue weighted by Crippen LogP contribution is 2.27. The minimum Gasteiger partial charge on any atom is -0.325 e. The molecule has 0 aliphatic rings. The monoisotopic (exact) mass is 273 g/mol. The van der Waals surface area contributed by atoms with E-state index in [4.69, 9.17) is 0 Å². The number of ketones is 1. The number of anilines is 1. The van der Waals surface area contributed by atoms with Crippen molar-refractivity contribution in [3.8, 4) is 0 Å². The summed E-state index contributed by atoms with van der Waals surface area (Å²) in [5.41, 5.74) is -1.47. The second-order valence-corrected chi connectivity index (χ2v) is 5.08. The number of alkyl halides is 3. The maximum absolute atomic E-state index is 12.4. The van der Waals surface area contributed by atoms with E-state index >= 15 is 0 Å². The van der Waals surface area contributed by atoms with Gasteiger partial charge in [0.05, 0.1) is 11.3 Å². The van der Waals surface area contributed by atoms with Gasteiger partial charge in [-0.25, -0.2) is 0 Å². The van der Waals surface area contributed by atoms with Crippen molar-refractivity contribution in [1.82, 2.24) is 0 Å². The van der Waals surface area contributed by atoms with Crippen molar-refractivity contribution in [2.75, 3.05) is 5.32 Å². The third-order valence-corrected chi connectivity index (χ3v) is 2.36. The number of halogens is 3. The van der Waals surface area contributed by atoms with Crippen LogP contribution in [0.2, 0.25) is 0 Å². The maximum Gasteiger partial charge on any atom is 0.454 e. The van der Waals surface area contributed by atoms with Gasteiger partial charge in [0.1, 0.15) is 0 Å². The number of carbonyl (C=O) groups is 2. The van der Waals surface area contributed by atoms with Crippen LogP contribution in [0.15, 0.2) is 24.3 Å². The Morgan fingerprint density at radius 2 is 1.58 bits per heavy atom. The van der Waals surface area contributed by atoms with Crippen LogP contribution < -0.4 is 5.32 Å². The van der Waals surface area contributed by atoms with Crippen molar-refractivity contribution in [3.05, 3.63) is 29.8 Å². The summed E-state index contributed by atoms with van der Waals surface area (Å²) in [6, 6.07) is 5.06. The fourth-order valence-electron chi connectivity index (χ4n) is 1.25. The molecule has 1 aromatic rings. The number of Topliss-reactive ketones (excluding diaryl/α,β-unsaturated/α-hetero) is 1. The Hall–Kier alpha value is -1.85. The number of para-hydroxylation sites is 1. The number of nitrogens with one attached hydrogen (secondary N) is 1. The second-order valence-electron chi connectivity index (χ2n) is 5.08.